The Morgan fingerprint density at radius 2 is 1.57 bits per heavy atom. The van der Waals surface area contributed by atoms with Crippen LogP contribution < -0.4 is 0 Å². The van der Waals surface area contributed by atoms with Crippen LogP contribution in [0.25, 0.3) is 6.08 Å². The lowest BCUT2D eigenvalue weighted by Gasteiger charge is -1.98. The molecule has 0 saturated carbocycles. The Kier molecular flexibility index (Phi) is 9.56. The summed E-state index contributed by atoms with van der Waals surface area (Å²) in [6.45, 7) is 2.09. The Labute approximate surface area is 138 Å². The van der Waals surface area contributed by atoms with Crippen LogP contribution in [0.4, 0.5) is 0 Å². The normalized spacial score (nSPS) is 9.10. The zero-order valence-electron chi connectivity index (χ0n) is 12.4. The van der Waals surface area contributed by atoms with Crippen molar-refractivity contribution in [1.29, 1.82) is 0 Å². The van der Waals surface area contributed by atoms with Gasteiger partial charge < -0.3 is 0 Å². The number of unbranched alkanes of at least 4 members (excludes halogenated alkanes) is 2. The monoisotopic (exact) mass is 318 g/mol. The molecule has 2 heteroatoms. The topological polar surface area (TPSA) is 0 Å². The van der Waals surface area contributed by atoms with Crippen LogP contribution in [0.1, 0.15) is 36.8 Å². The molecule has 21 heavy (non-hydrogen) atoms. The van der Waals surface area contributed by atoms with E-state index in [9.17, 15) is 0 Å². The molecule has 0 heterocycles. The minimum absolute atomic E-state index is 0.646. The van der Waals surface area contributed by atoms with Crippen molar-refractivity contribution in [3.63, 3.8) is 0 Å². The molecule has 0 saturated heterocycles. The summed E-state index contributed by atoms with van der Waals surface area (Å²) < 4.78 is 0. The van der Waals surface area contributed by atoms with Gasteiger partial charge in [0.2, 0.25) is 0 Å². The van der Waals surface area contributed by atoms with Crippen LogP contribution in [0.15, 0.2) is 29.8 Å². The molecule has 0 aromatic heterocycles. The molecular weight excluding hydrogens is 299 g/mol. The maximum absolute atomic E-state index is 5.66. The third-order valence-electron chi connectivity index (χ3n) is 2.81. The van der Waals surface area contributed by atoms with E-state index in [1.54, 1.807) is 0 Å². The van der Waals surface area contributed by atoms with Gasteiger partial charge in [0, 0.05) is 24.6 Å². The van der Waals surface area contributed by atoms with E-state index >= 15 is 0 Å². The lowest BCUT2D eigenvalue weighted by Crippen LogP contribution is -1.82. The molecule has 0 aliphatic rings. The summed E-state index contributed by atoms with van der Waals surface area (Å²) in [5.41, 5.74) is 3.24. The van der Waals surface area contributed by atoms with Gasteiger partial charge in [0.15, 0.2) is 0 Å². The van der Waals surface area contributed by atoms with Crippen LogP contribution in [0, 0.1) is 30.6 Å². The predicted molar refractivity (Wildman–Crippen MR) is 94.6 cm³/mol. The number of rotatable bonds is 5. The highest BCUT2D eigenvalue weighted by Crippen LogP contribution is 2.11. The van der Waals surface area contributed by atoms with Crippen molar-refractivity contribution in [1.82, 2.24) is 0 Å². The van der Waals surface area contributed by atoms with Crippen LogP contribution >= 0.6 is 23.2 Å². The third kappa shape index (κ3) is 7.87. The van der Waals surface area contributed by atoms with Crippen LogP contribution in [0.5, 0.6) is 0 Å². The smallest absolute Gasteiger partial charge is 0.0750 e. The van der Waals surface area contributed by atoms with E-state index < -0.39 is 0 Å². The zero-order valence-corrected chi connectivity index (χ0v) is 13.9. The molecule has 0 N–H and O–H groups in total. The molecule has 0 unspecified atom stereocenters. The minimum Gasteiger partial charge on any atom is -0.127 e. The fourth-order valence-corrected chi connectivity index (χ4v) is 1.90. The number of aryl methyl sites for hydroxylation is 1. The second kappa shape index (κ2) is 11.3. The molecule has 0 aliphatic carbocycles. The van der Waals surface area contributed by atoms with Crippen LogP contribution in [-0.2, 0) is 0 Å². The van der Waals surface area contributed by atoms with Gasteiger partial charge in [0.25, 0.3) is 0 Å². The summed E-state index contributed by atoms with van der Waals surface area (Å²) in [4.78, 5) is 0. The molecule has 110 valence electrons. The first-order valence-electron chi connectivity index (χ1n) is 7.15. The number of halogens is 2. The molecule has 0 nitrogen and oxygen atoms in total. The summed E-state index contributed by atoms with van der Waals surface area (Å²) in [5.74, 6) is 13.9. The average molecular weight is 319 g/mol. The number of allylic oxidation sites excluding steroid dienone is 1. The van der Waals surface area contributed by atoms with Crippen LogP contribution in [-0.4, -0.2) is 11.8 Å². The summed E-state index contributed by atoms with van der Waals surface area (Å²) in [6, 6.07) is 8.23. The molecule has 0 aliphatic heterocycles. The SMILES string of the molecule is Cc1ccccc1C=C(C#CCCCCl)C#CCCCCl. The highest BCUT2D eigenvalue weighted by Gasteiger charge is 1.94. The molecular formula is C19H20Cl2. The maximum Gasteiger partial charge on any atom is 0.0750 e. The van der Waals surface area contributed by atoms with Gasteiger partial charge in [-0.1, -0.05) is 47.9 Å². The van der Waals surface area contributed by atoms with Crippen LogP contribution in [0.3, 0.4) is 0 Å². The van der Waals surface area contributed by atoms with Gasteiger partial charge in [-0.05, 0) is 37.0 Å². The molecule has 0 amide bonds. The van der Waals surface area contributed by atoms with E-state index in [0.717, 1.165) is 36.8 Å². The first-order valence-corrected chi connectivity index (χ1v) is 8.22. The molecule has 1 aromatic carbocycles. The fourth-order valence-electron chi connectivity index (χ4n) is 1.63. The van der Waals surface area contributed by atoms with Gasteiger partial charge in [-0.15, -0.1) is 23.2 Å². The molecule has 0 bridgehead atoms. The van der Waals surface area contributed by atoms with E-state index in [1.807, 2.05) is 12.1 Å². The Morgan fingerprint density at radius 1 is 1.00 bits per heavy atom. The first kappa shape index (κ1) is 17.7. The highest BCUT2D eigenvalue weighted by atomic mass is 35.5. The number of hydrogen-bond acceptors (Lipinski definition) is 0. The standard InChI is InChI=1S/C19H20Cl2/c1-17-10-6-7-13-19(17)16-18(11-4-2-8-14-20)12-5-3-9-15-21/h6-7,10,13,16H,2-3,8-9,14-15H2,1H3. The number of hydrogen-bond donors (Lipinski definition) is 0. The highest BCUT2D eigenvalue weighted by molar-refractivity contribution is 6.18. The minimum atomic E-state index is 0.646. The van der Waals surface area contributed by atoms with Crippen molar-refractivity contribution in [3.8, 4) is 23.7 Å². The van der Waals surface area contributed by atoms with Crippen LogP contribution in [0.2, 0.25) is 0 Å². The van der Waals surface area contributed by atoms with Crippen molar-refractivity contribution in [2.75, 3.05) is 11.8 Å². The van der Waals surface area contributed by atoms with E-state index in [0.29, 0.717) is 11.8 Å². The lowest BCUT2D eigenvalue weighted by molar-refractivity contribution is 0.990. The predicted octanol–water partition coefficient (Wildman–Crippen LogP) is 5.42. The molecule has 0 atom stereocenters. The Bertz CT molecular complexity index is 549. The molecule has 0 fully saturated rings. The van der Waals surface area contributed by atoms with Crippen molar-refractivity contribution >= 4 is 29.3 Å². The van der Waals surface area contributed by atoms with Crippen molar-refractivity contribution in [2.45, 2.75) is 32.6 Å². The second-order valence-corrected chi connectivity index (χ2v) is 5.36. The van der Waals surface area contributed by atoms with E-state index in [4.69, 9.17) is 23.2 Å². The van der Waals surface area contributed by atoms with Gasteiger partial charge in [0.1, 0.15) is 0 Å². The molecule has 1 aromatic rings. The lowest BCUT2D eigenvalue weighted by atomic mass is 10.1. The summed E-state index contributed by atoms with van der Waals surface area (Å²) in [6.07, 6.45) is 5.48. The van der Waals surface area contributed by atoms with Crippen molar-refractivity contribution < 1.29 is 0 Å². The maximum atomic E-state index is 5.66. The van der Waals surface area contributed by atoms with Gasteiger partial charge in [-0.3, -0.25) is 0 Å². The molecule has 0 spiro atoms. The van der Waals surface area contributed by atoms with E-state index in [2.05, 4.69) is 48.8 Å². The molecule has 0 radical (unpaired) electrons. The molecule has 1 rings (SSSR count). The van der Waals surface area contributed by atoms with Crippen molar-refractivity contribution in [3.05, 3.63) is 41.0 Å². The largest absolute Gasteiger partial charge is 0.127 e. The van der Waals surface area contributed by atoms with Gasteiger partial charge in [-0.25, -0.2) is 0 Å². The quantitative estimate of drug-likeness (QED) is 0.386. The van der Waals surface area contributed by atoms with E-state index in [-0.39, 0.29) is 0 Å². The number of benzene rings is 1. The zero-order chi connectivity index (χ0) is 15.3. The van der Waals surface area contributed by atoms with Gasteiger partial charge in [-0.2, -0.15) is 0 Å². The Morgan fingerprint density at radius 3 is 2.10 bits per heavy atom. The van der Waals surface area contributed by atoms with Gasteiger partial charge in [0.05, 0.1) is 5.57 Å². The first-order chi connectivity index (χ1) is 10.3. The third-order valence-corrected chi connectivity index (χ3v) is 3.34. The second-order valence-electron chi connectivity index (χ2n) is 4.60. The Balaban J connectivity index is 2.91. The fraction of sp³-hybridized carbons (Fsp3) is 0.368. The summed E-state index contributed by atoms with van der Waals surface area (Å²) in [7, 11) is 0. The number of alkyl halides is 2. The summed E-state index contributed by atoms with van der Waals surface area (Å²) >= 11 is 11.3. The summed E-state index contributed by atoms with van der Waals surface area (Å²) in [5, 5.41) is 0. The van der Waals surface area contributed by atoms with Gasteiger partial charge >= 0.3 is 0 Å². The average Bonchev–Trinajstić information content (AvgIpc) is 2.50. The van der Waals surface area contributed by atoms with Crippen molar-refractivity contribution in [2.24, 2.45) is 0 Å². The van der Waals surface area contributed by atoms with E-state index in [1.165, 1.54) is 5.56 Å². The Hall–Kier alpha value is -1.34.